The van der Waals surface area contributed by atoms with Gasteiger partial charge in [-0.25, -0.2) is 19.2 Å². The molecule has 1 N–H and O–H groups in total. The number of nitrogens with one attached hydrogen (secondary N) is 1. The van der Waals surface area contributed by atoms with Gasteiger partial charge in [0.25, 0.3) is 0 Å². The Morgan fingerprint density at radius 2 is 2.02 bits per heavy atom. The fourth-order valence-electron chi connectivity index (χ4n) is 5.12. The first-order chi connectivity index (χ1) is 19.5. The molecule has 1 saturated heterocycles. The van der Waals surface area contributed by atoms with Gasteiger partial charge in [-0.2, -0.15) is 5.26 Å². The van der Waals surface area contributed by atoms with Crippen LogP contribution in [0.25, 0.3) is 28.0 Å². The number of methoxy groups -OCH3 is 1. The van der Waals surface area contributed by atoms with Crippen molar-refractivity contribution in [1.82, 2.24) is 24.6 Å². The number of hydrogen-bond acceptors (Lipinski definition) is 7. The summed E-state index contributed by atoms with van der Waals surface area (Å²) in [6.45, 7) is 2.84. The number of aromatic nitrogens is 3. The Morgan fingerprint density at radius 3 is 2.75 bits per heavy atom. The second kappa shape index (κ2) is 12.1. The van der Waals surface area contributed by atoms with Gasteiger partial charge in [0.2, 0.25) is 5.88 Å². The number of imidazole rings is 1. The SMILES string of the molecule is COC(=O)NCCc1ccc(-c2c(-c3ccc(C#N)cc3)nc(OC[C@@H]3CCCN(C)C3)c3cncn23)cc1F. The number of nitriles is 1. The lowest BCUT2D eigenvalue weighted by Crippen LogP contribution is -2.34. The predicted molar refractivity (Wildman–Crippen MR) is 148 cm³/mol. The third kappa shape index (κ3) is 5.90. The van der Waals surface area contributed by atoms with Crippen LogP contribution in [0.2, 0.25) is 0 Å². The molecule has 1 amide bonds. The van der Waals surface area contributed by atoms with Crippen LogP contribution < -0.4 is 10.1 Å². The number of ether oxygens (including phenoxy) is 2. The molecule has 4 aromatic rings. The highest BCUT2D eigenvalue weighted by Gasteiger charge is 2.22. The molecule has 9 nitrogen and oxygen atoms in total. The van der Waals surface area contributed by atoms with Crippen molar-refractivity contribution < 1.29 is 18.7 Å². The van der Waals surface area contributed by atoms with Crippen molar-refractivity contribution >= 4 is 11.6 Å². The van der Waals surface area contributed by atoms with Crippen molar-refractivity contribution in [2.24, 2.45) is 5.92 Å². The Balaban J connectivity index is 1.54. The summed E-state index contributed by atoms with van der Waals surface area (Å²) in [4.78, 5) is 23.0. The number of rotatable bonds is 8. The molecular formula is C30H31FN6O3. The summed E-state index contributed by atoms with van der Waals surface area (Å²) in [6.07, 6.45) is 5.36. The van der Waals surface area contributed by atoms with E-state index in [1.165, 1.54) is 13.2 Å². The van der Waals surface area contributed by atoms with Crippen LogP contribution in [0, 0.1) is 23.1 Å². The molecule has 1 aliphatic rings. The molecule has 0 saturated carbocycles. The molecule has 0 aliphatic carbocycles. The average molecular weight is 543 g/mol. The molecule has 10 heteroatoms. The summed E-state index contributed by atoms with van der Waals surface area (Å²) in [5.74, 6) is 0.460. The fourth-order valence-corrected chi connectivity index (χ4v) is 5.12. The monoisotopic (exact) mass is 542 g/mol. The second-order valence-electron chi connectivity index (χ2n) is 10.0. The van der Waals surface area contributed by atoms with E-state index in [9.17, 15) is 10.1 Å². The molecular weight excluding hydrogens is 511 g/mol. The molecule has 2 aromatic carbocycles. The van der Waals surface area contributed by atoms with Crippen LogP contribution in [0.5, 0.6) is 5.88 Å². The molecule has 206 valence electrons. The van der Waals surface area contributed by atoms with Gasteiger partial charge in [-0.3, -0.25) is 4.40 Å². The predicted octanol–water partition coefficient (Wildman–Crippen LogP) is 4.69. The summed E-state index contributed by atoms with van der Waals surface area (Å²) in [6, 6.07) is 14.3. The van der Waals surface area contributed by atoms with Gasteiger partial charge in [0.05, 0.1) is 49.3 Å². The molecule has 0 bridgehead atoms. The summed E-state index contributed by atoms with van der Waals surface area (Å²) in [5, 5.41) is 11.9. The zero-order valence-electron chi connectivity index (χ0n) is 22.6. The minimum Gasteiger partial charge on any atom is -0.476 e. The van der Waals surface area contributed by atoms with E-state index in [-0.39, 0.29) is 6.54 Å². The van der Waals surface area contributed by atoms with Gasteiger partial charge >= 0.3 is 6.09 Å². The number of carbonyl (C=O) groups excluding carboxylic acids is 1. The summed E-state index contributed by atoms with van der Waals surface area (Å²) >= 11 is 0. The minimum absolute atomic E-state index is 0.246. The third-order valence-corrected chi connectivity index (χ3v) is 7.18. The molecule has 2 aromatic heterocycles. The highest BCUT2D eigenvalue weighted by atomic mass is 19.1. The Labute approximate surface area is 232 Å². The average Bonchev–Trinajstić information content (AvgIpc) is 3.46. The fraction of sp³-hybridized carbons (Fsp3) is 0.333. The maximum absolute atomic E-state index is 15.3. The van der Waals surface area contributed by atoms with Crippen LogP contribution in [0.15, 0.2) is 55.0 Å². The van der Waals surface area contributed by atoms with E-state index in [1.54, 1.807) is 30.7 Å². The van der Waals surface area contributed by atoms with E-state index >= 15 is 4.39 Å². The topological polar surface area (TPSA) is 105 Å². The number of likely N-dealkylation sites (tertiary alicyclic amines) is 1. The number of benzene rings is 2. The van der Waals surface area contributed by atoms with Crippen molar-refractivity contribution in [3.63, 3.8) is 0 Å². The molecule has 0 unspecified atom stereocenters. The van der Waals surface area contributed by atoms with Crippen LogP contribution in [0.3, 0.4) is 0 Å². The Morgan fingerprint density at radius 1 is 1.23 bits per heavy atom. The van der Waals surface area contributed by atoms with Gasteiger partial charge in [-0.15, -0.1) is 0 Å². The number of hydrogen-bond donors (Lipinski definition) is 1. The number of nitrogens with zero attached hydrogens (tertiary/aromatic N) is 5. The van der Waals surface area contributed by atoms with E-state index in [2.05, 4.69) is 33.1 Å². The maximum atomic E-state index is 15.3. The molecule has 1 aliphatic heterocycles. The molecule has 0 spiro atoms. The Hall–Kier alpha value is -4.49. The van der Waals surface area contributed by atoms with E-state index in [0.29, 0.717) is 58.4 Å². The van der Waals surface area contributed by atoms with E-state index < -0.39 is 11.9 Å². The lowest BCUT2D eigenvalue weighted by atomic mass is 9.99. The minimum atomic E-state index is -0.560. The van der Waals surface area contributed by atoms with Crippen LogP contribution >= 0.6 is 0 Å². The maximum Gasteiger partial charge on any atom is 0.406 e. The Kier molecular flexibility index (Phi) is 8.22. The Bertz CT molecular complexity index is 1550. The van der Waals surface area contributed by atoms with Gasteiger partial charge in [-0.05, 0) is 56.6 Å². The number of amides is 1. The van der Waals surface area contributed by atoms with Gasteiger partial charge in [0.15, 0.2) is 0 Å². The van der Waals surface area contributed by atoms with Gasteiger partial charge in [0.1, 0.15) is 11.3 Å². The summed E-state index contributed by atoms with van der Waals surface area (Å²) in [5.41, 5.74) is 4.29. The number of halogens is 1. The van der Waals surface area contributed by atoms with E-state index in [0.717, 1.165) is 31.5 Å². The first-order valence-electron chi connectivity index (χ1n) is 13.3. The molecule has 5 rings (SSSR count). The first-order valence-corrected chi connectivity index (χ1v) is 13.3. The highest BCUT2D eigenvalue weighted by molar-refractivity contribution is 5.82. The third-order valence-electron chi connectivity index (χ3n) is 7.18. The van der Waals surface area contributed by atoms with Gasteiger partial charge < -0.3 is 19.7 Å². The molecule has 3 heterocycles. The molecule has 1 atom stereocenters. The normalized spacial score (nSPS) is 15.5. The van der Waals surface area contributed by atoms with Crippen LogP contribution in [-0.2, 0) is 11.2 Å². The molecule has 40 heavy (non-hydrogen) atoms. The number of carbonyl (C=O) groups is 1. The summed E-state index contributed by atoms with van der Waals surface area (Å²) < 4.78 is 28.0. The van der Waals surface area contributed by atoms with Crippen molar-refractivity contribution in [1.29, 1.82) is 5.26 Å². The standard InChI is InChI=1S/C30H31FN6O3/c1-36-13-3-4-21(17-36)18-40-29-26-16-33-19-37(26)28(27(35-29)23-7-5-20(15-32)6-8-23)24-10-9-22(25(31)14-24)11-12-34-30(38)39-2/h5-10,14,16,19,21H,3-4,11-13,17-18H2,1-2H3,(H,34,38)/t21-/m1/s1. The number of alkyl carbamates (subject to hydrolysis) is 1. The number of fused-ring (bicyclic) bond motifs is 1. The zero-order chi connectivity index (χ0) is 28.1. The zero-order valence-corrected chi connectivity index (χ0v) is 22.6. The van der Waals surface area contributed by atoms with Crippen LogP contribution in [0.4, 0.5) is 9.18 Å². The lowest BCUT2D eigenvalue weighted by Gasteiger charge is -2.29. The highest BCUT2D eigenvalue weighted by Crippen LogP contribution is 2.36. The molecule has 0 radical (unpaired) electrons. The second-order valence-corrected chi connectivity index (χ2v) is 10.0. The first kappa shape index (κ1) is 27.1. The number of piperidine rings is 1. The van der Waals surface area contributed by atoms with E-state index in [1.807, 2.05) is 22.6 Å². The lowest BCUT2D eigenvalue weighted by molar-refractivity contribution is 0.148. The van der Waals surface area contributed by atoms with Crippen molar-refractivity contribution in [2.45, 2.75) is 19.3 Å². The van der Waals surface area contributed by atoms with Crippen LogP contribution in [-0.4, -0.2) is 65.8 Å². The van der Waals surface area contributed by atoms with E-state index in [4.69, 9.17) is 9.72 Å². The summed E-state index contributed by atoms with van der Waals surface area (Å²) in [7, 11) is 3.41. The molecule has 1 fully saturated rings. The largest absolute Gasteiger partial charge is 0.476 e. The quantitative estimate of drug-likeness (QED) is 0.344. The smallest absolute Gasteiger partial charge is 0.406 e. The van der Waals surface area contributed by atoms with Crippen molar-refractivity contribution in [3.8, 4) is 34.5 Å². The van der Waals surface area contributed by atoms with Gasteiger partial charge in [-0.1, -0.05) is 24.3 Å². The van der Waals surface area contributed by atoms with Crippen LogP contribution in [0.1, 0.15) is 24.0 Å². The van der Waals surface area contributed by atoms with Crippen molar-refractivity contribution in [3.05, 3.63) is 71.9 Å². The van der Waals surface area contributed by atoms with Gasteiger partial charge in [0, 0.05) is 30.1 Å². The van der Waals surface area contributed by atoms with Crippen molar-refractivity contribution in [2.75, 3.05) is 40.4 Å².